The van der Waals surface area contributed by atoms with Crippen LogP contribution in [0.25, 0.3) is 0 Å². The van der Waals surface area contributed by atoms with Gasteiger partial charge in [0.2, 0.25) is 0 Å². The van der Waals surface area contributed by atoms with Crippen LogP contribution in [-0.4, -0.2) is 11.6 Å². The highest BCUT2D eigenvalue weighted by Gasteiger charge is 1.96. The summed E-state index contributed by atoms with van der Waals surface area (Å²) in [6, 6.07) is 0. The predicted molar refractivity (Wildman–Crippen MR) is 38.2 cm³/mol. The molecule has 0 atom stereocenters. The van der Waals surface area contributed by atoms with Gasteiger partial charge in [-0.1, -0.05) is 6.08 Å². The molecule has 0 amide bonds. The van der Waals surface area contributed by atoms with E-state index in [1.807, 2.05) is 0 Å². The van der Waals surface area contributed by atoms with Gasteiger partial charge in [-0.25, -0.2) is 0 Å². The number of allylic oxidation sites excluding steroid dienone is 2. The first-order valence-electron chi connectivity index (χ1n) is 3.00. The minimum atomic E-state index is -0.193. The molecule has 0 saturated heterocycles. The Labute approximate surface area is 59.9 Å². The van der Waals surface area contributed by atoms with E-state index in [1.165, 1.54) is 19.9 Å². The number of nitrogens with two attached hydrogens (primary N) is 1. The first kappa shape index (κ1) is 8.88. The molecule has 0 fully saturated rings. The van der Waals surface area contributed by atoms with Crippen molar-refractivity contribution in [2.24, 2.45) is 5.73 Å². The lowest BCUT2D eigenvalue weighted by Gasteiger charge is -1.91. The van der Waals surface area contributed by atoms with E-state index < -0.39 is 0 Å². The highest BCUT2D eigenvalue weighted by molar-refractivity contribution is 5.93. The normalized spacial score (nSPS) is 11.2. The molecule has 56 valence electrons. The van der Waals surface area contributed by atoms with Crippen molar-refractivity contribution in [2.75, 3.05) is 0 Å². The van der Waals surface area contributed by atoms with Crippen molar-refractivity contribution < 1.29 is 9.59 Å². The molecule has 0 aliphatic carbocycles. The standard InChI is InChI=1S/C7H11NO2/c1-5(9)3-4-7(8)6(2)10/h4H,3,8H2,1-2H3/b7-4+. The summed E-state index contributed by atoms with van der Waals surface area (Å²) in [6.45, 7) is 2.82. The molecule has 0 aromatic rings. The molecular formula is C7H11NO2. The van der Waals surface area contributed by atoms with Crippen molar-refractivity contribution in [3.63, 3.8) is 0 Å². The van der Waals surface area contributed by atoms with E-state index >= 15 is 0 Å². The lowest BCUT2D eigenvalue weighted by molar-refractivity contribution is -0.116. The summed E-state index contributed by atoms with van der Waals surface area (Å²) in [7, 11) is 0. The number of Topliss-reactive ketones (excluding diaryl/α,β-unsaturated/α-hetero) is 2. The highest BCUT2D eigenvalue weighted by atomic mass is 16.1. The van der Waals surface area contributed by atoms with E-state index in [0.717, 1.165) is 0 Å². The molecule has 0 spiro atoms. The van der Waals surface area contributed by atoms with Crippen LogP contribution in [0.2, 0.25) is 0 Å². The topological polar surface area (TPSA) is 60.2 Å². The first-order valence-corrected chi connectivity index (χ1v) is 3.00. The third-order valence-electron chi connectivity index (χ3n) is 1.02. The van der Waals surface area contributed by atoms with Crippen LogP contribution < -0.4 is 5.73 Å². The average molecular weight is 141 g/mol. The SMILES string of the molecule is CC(=O)C/C=C(/N)C(C)=O. The molecule has 3 nitrogen and oxygen atoms in total. The molecule has 0 rings (SSSR count). The van der Waals surface area contributed by atoms with Crippen LogP contribution in [0.4, 0.5) is 0 Å². The smallest absolute Gasteiger partial charge is 0.175 e. The average Bonchev–Trinajstić information content (AvgIpc) is 1.82. The Bertz CT molecular complexity index is 182. The maximum atomic E-state index is 10.5. The Kier molecular flexibility index (Phi) is 3.39. The van der Waals surface area contributed by atoms with Crippen molar-refractivity contribution in [2.45, 2.75) is 20.3 Å². The fraction of sp³-hybridized carbons (Fsp3) is 0.429. The zero-order valence-electron chi connectivity index (χ0n) is 6.18. The van der Waals surface area contributed by atoms with E-state index in [0.29, 0.717) is 0 Å². The monoisotopic (exact) mass is 141 g/mol. The number of carbonyl (C=O) groups is 2. The summed E-state index contributed by atoms with van der Waals surface area (Å²) in [5.74, 6) is -0.189. The molecule has 2 N–H and O–H groups in total. The molecule has 0 aliphatic rings. The largest absolute Gasteiger partial charge is 0.396 e. The molecule has 0 aromatic carbocycles. The maximum absolute atomic E-state index is 10.5. The van der Waals surface area contributed by atoms with Crippen LogP contribution in [0.5, 0.6) is 0 Å². The number of hydrogen-bond acceptors (Lipinski definition) is 3. The number of ketones is 2. The molecule has 0 radical (unpaired) electrons. The van der Waals surface area contributed by atoms with Gasteiger partial charge in [0, 0.05) is 13.3 Å². The molecular weight excluding hydrogens is 130 g/mol. The lowest BCUT2D eigenvalue weighted by atomic mass is 10.2. The van der Waals surface area contributed by atoms with Gasteiger partial charge in [0.15, 0.2) is 5.78 Å². The first-order chi connectivity index (χ1) is 4.54. The van der Waals surface area contributed by atoms with Gasteiger partial charge in [0.25, 0.3) is 0 Å². The third-order valence-corrected chi connectivity index (χ3v) is 1.02. The molecule has 0 aliphatic heterocycles. The van der Waals surface area contributed by atoms with Gasteiger partial charge in [-0.15, -0.1) is 0 Å². The summed E-state index contributed by atoms with van der Waals surface area (Å²) in [5, 5.41) is 0. The van der Waals surface area contributed by atoms with Crippen LogP contribution in [0.15, 0.2) is 11.8 Å². The van der Waals surface area contributed by atoms with Crippen LogP contribution in [0, 0.1) is 0 Å². The lowest BCUT2D eigenvalue weighted by Crippen LogP contribution is -2.07. The van der Waals surface area contributed by atoms with Crippen LogP contribution >= 0.6 is 0 Å². The fourth-order valence-electron chi connectivity index (χ4n) is 0.397. The second-order valence-corrected chi connectivity index (χ2v) is 2.12. The van der Waals surface area contributed by atoms with Gasteiger partial charge in [0.05, 0.1) is 5.70 Å². The van der Waals surface area contributed by atoms with E-state index in [4.69, 9.17) is 5.73 Å². The van der Waals surface area contributed by atoms with E-state index in [2.05, 4.69) is 0 Å². The molecule has 0 saturated carbocycles. The number of hydrogen-bond donors (Lipinski definition) is 1. The summed E-state index contributed by atoms with van der Waals surface area (Å²) in [6.07, 6.45) is 1.68. The van der Waals surface area contributed by atoms with Crippen molar-refractivity contribution >= 4 is 11.6 Å². The molecule has 0 heterocycles. The van der Waals surface area contributed by atoms with Crippen molar-refractivity contribution in [3.8, 4) is 0 Å². The van der Waals surface area contributed by atoms with Crippen LogP contribution in [0.1, 0.15) is 20.3 Å². The van der Waals surface area contributed by atoms with Gasteiger partial charge in [0.1, 0.15) is 5.78 Å². The van der Waals surface area contributed by atoms with E-state index in [1.54, 1.807) is 0 Å². The van der Waals surface area contributed by atoms with Gasteiger partial charge in [-0.05, 0) is 6.92 Å². The minimum absolute atomic E-state index is 0.00389. The van der Waals surface area contributed by atoms with Crippen molar-refractivity contribution in [3.05, 3.63) is 11.8 Å². The summed E-state index contributed by atoms with van der Waals surface area (Å²) in [5.41, 5.74) is 5.39. The van der Waals surface area contributed by atoms with Crippen molar-refractivity contribution in [1.82, 2.24) is 0 Å². The quantitative estimate of drug-likeness (QED) is 0.578. The van der Waals surface area contributed by atoms with Gasteiger partial charge in [-0.2, -0.15) is 0 Å². The summed E-state index contributed by atoms with van der Waals surface area (Å²) in [4.78, 5) is 20.8. The molecule has 10 heavy (non-hydrogen) atoms. The van der Waals surface area contributed by atoms with Crippen LogP contribution in [-0.2, 0) is 9.59 Å². The Morgan fingerprint density at radius 2 is 1.90 bits per heavy atom. The third kappa shape index (κ3) is 3.83. The van der Waals surface area contributed by atoms with Gasteiger partial charge < -0.3 is 5.73 Å². The fourth-order valence-corrected chi connectivity index (χ4v) is 0.397. The Balaban J connectivity index is 3.92. The highest BCUT2D eigenvalue weighted by Crippen LogP contribution is 1.90. The zero-order valence-corrected chi connectivity index (χ0v) is 6.18. The van der Waals surface area contributed by atoms with Crippen molar-refractivity contribution in [1.29, 1.82) is 0 Å². The minimum Gasteiger partial charge on any atom is -0.396 e. The second-order valence-electron chi connectivity index (χ2n) is 2.12. The van der Waals surface area contributed by atoms with Gasteiger partial charge >= 0.3 is 0 Å². The predicted octanol–water partition coefficient (Wildman–Crippen LogP) is 0.397. The Morgan fingerprint density at radius 1 is 1.40 bits per heavy atom. The zero-order chi connectivity index (χ0) is 8.15. The summed E-state index contributed by atoms with van der Waals surface area (Å²) >= 11 is 0. The molecule has 0 bridgehead atoms. The summed E-state index contributed by atoms with van der Waals surface area (Å²) < 4.78 is 0. The molecule has 0 aromatic heterocycles. The second kappa shape index (κ2) is 3.82. The van der Waals surface area contributed by atoms with E-state index in [-0.39, 0.29) is 23.7 Å². The number of carbonyl (C=O) groups excluding carboxylic acids is 2. The Morgan fingerprint density at radius 3 is 2.20 bits per heavy atom. The molecule has 0 unspecified atom stereocenters. The number of rotatable bonds is 3. The maximum Gasteiger partial charge on any atom is 0.175 e. The van der Waals surface area contributed by atoms with E-state index in [9.17, 15) is 9.59 Å². The molecule has 3 heteroatoms. The van der Waals surface area contributed by atoms with Gasteiger partial charge in [-0.3, -0.25) is 9.59 Å². The van der Waals surface area contributed by atoms with Crippen LogP contribution in [0.3, 0.4) is 0 Å². The Hall–Kier alpha value is -1.12.